The third-order valence-electron chi connectivity index (χ3n) is 2.91. The average Bonchev–Trinajstić information content (AvgIpc) is 2.39. The summed E-state index contributed by atoms with van der Waals surface area (Å²) in [6, 6.07) is 6.04. The lowest BCUT2D eigenvalue weighted by Crippen LogP contribution is -2.37. The molecule has 0 unspecified atom stereocenters. The van der Waals surface area contributed by atoms with Gasteiger partial charge in [0, 0.05) is 6.04 Å². The van der Waals surface area contributed by atoms with Gasteiger partial charge in [-0.25, -0.2) is 13.1 Å². The summed E-state index contributed by atoms with van der Waals surface area (Å²) in [5.41, 5.74) is 0.273. The standard InChI is InChI=1S/C12H13ClN2O2S2/c13-12-7-11(2-1-9(12)8-14)19(16,17)15-10-3-5-18-6-4-10/h1-2,7,10,15H,3-6H2. The van der Waals surface area contributed by atoms with Crippen molar-refractivity contribution in [1.82, 2.24) is 4.72 Å². The van der Waals surface area contributed by atoms with Gasteiger partial charge in [0.1, 0.15) is 6.07 Å². The Balaban J connectivity index is 2.19. The molecule has 0 atom stereocenters. The number of hydrogen-bond acceptors (Lipinski definition) is 4. The summed E-state index contributed by atoms with van der Waals surface area (Å²) in [7, 11) is -3.56. The Morgan fingerprint density at radius 1 is 1.37 bits per heavy atom. The monoisotopic (exact) mass is 316 g/mol. The Hall–Kier alpha value is -0.740. The highest BCUT2D eigenvalue weighted by Gasteiger charge is 2.22. The molecular weight excluding hydrogens is 304 g/mol. The molecule has 0 spiro atoms. The highest BCUT2D eigenvalue weighted by atomic mass is 35.5. The van der Waals surface area contributed by atoms with Crippen LogP contribution in [0.4, 0.5) is 0 Å². The van der Waals surface area contributed by atoms with Crippen LogP contribution in [0.3, 0.4) is 0 Å². The summed E-state index contributed by atoms with van der Waals surface area (Å²) < 4.78 is 27.1. The van der Waals surface area contributed by atoms with Crippen LogP contribution >= 0.6 is 23.4 Å². The van der Waals surface area contributed by atoms with E-state index in [-0.39, 0.29) is 21.5 Å². The van der Waals surface area contributed by atoms with E-state index < -0.39 is 10.0 Å². The van der Waals surface area contributed by atoms with Crippen molar-refractivity contribution in [2.45, 2.75) is 23.8 Å². The molecule has 7 heteroatoms. The van der Waals surface area contributed by atoms with Crippen molar-refractivity contribution in [3.8, 4) is 6.07 Å². The van der Waals surface area contributed by atoms with Crippen LogP contribution in [0.5, 0.6) is 0 Å². The molecule has 0 aromatic heterocycles. The van der Waals surface area contributed by atoms with E-state index in [0.717, 1.165) is 24.3 Å². The number of benzene rings is 1. The van der Waals surface area contributed by atoms with Crippen molar-refractivity contribution in [3.05, 3.63) is 28.8 Å². The second kappa shape index (κ2) is 6.14. The van der Waals surface area contributed by atoms with Gasteiger partial charge in [0.25, 0.3) is 0 Å². The quantitative estimate of drug-likeness (QED) is 0.929. The van der Waals surface area contributed by atoms with Crippen LogP contribution < -0.4 is 4.72 Å². The molecule has 0 bridgehead atoms. The van der Waals surface area contributed by atoms with E-state index in [1.807, 2.05) is 17.8 Å². The van der Waals surface area contributed by atoms with E-state index in [1.165, 1.54) is 18.2 Å². The van der Waals surface area contributed by atoms with Gasteiger partial charge in [-0.15, -0.1) is 0 Å². The molecule has 1 fully saturated rings. The zero-order chi connectivity index (χ0) is 13.9. The topological polar surface area (TPSA) is 70.0 Å². The van der Waals surface area contributed by atoms with E-state index in [4.69, 9.17) is 16.9 Å². The zero-order valence-electron chi connectivity index (χ0n) is 10.1. The third kappa shape index (κ3) is 3.63. The Kier molecular flexibility index (Phi) is 4.74. The summed E-state index contributed by atoms with van der Waals surface area (Å²) in [4.78, 5) is 0.106. The summed E-state index contributed by atoms with van der Waals surface area (Å²) >= 11 is 7.70. The number of rotatable bonds is 3. The molecule has 19 heavy (non-hydrogen) atoms. The predicted molar refractivity (Wildman–Crippen MR) is 76.8 cm³/mol. The molecule has 0 saturated carbocycles. The van der Waals surface area contributed by atoms with Gasteiger partial charge >= 0.3 is 0 Å². The Morgan fingerprint density at radius 2 is 2.05 bits per heavy atom. The normalized spacial score (nSPS) is 17.1. The van der Waals surface area contributed by atoms with Crippen molar-refractivity contribution < 1.29 is 8.42 Å². The molecule has 1 aliphatic rings. The van der Waals surface area contributed by atoms with Crippen LogP contribution in [-0.4, -0.2) is 26.0 Å². The lowest BCUT2D eigenvalue weighted by Gasteiger charge is -2.22. The van der Waals surface area contributed by atoms with Gasteiger partial charge in [-0.2, -0.15) is 17.0 Å². The fourth-order valence-electron chi connectivity index (χ4n) is 1.86. The van der Waals surface area contributed by atoms with Crippen LogP contribution in [-0.2, 0) is 10.0 Å². The minimum atomic E-state index is -3.56. The molecule has 1 N–H and O–H groups in total. The Morgan fingerprint density at radius 3 is 2.63 bits per heavy atom. The molecule has 0 aliphatic carbocycles. The number of thioether (sulfide) groups is 1. The zero-order valence-corrected chi connectivity index (χ0v) is 12.5. The van der Waals surface area contributed by atoms with Gasteiger partial charge in [0.15, 0.2) is 0 Å². The lowest BCUT2D eigenvalue weighted by molar-refractivity contribution is 0.529. The molecule has 1 aromatic carbocycles. The van der Waals surface area contributed by atoms with Crippen LogP contribution in [0.25, 0.3) is 0 Å². The van der Waals surface area contributed by atoms with Crippen LogP contribution in [0, 0.1) is 11.3 Å². The third-order valence-corrected chi connectivity index (χ3v) is 5.79. The number of sulfonamides is 1. The molecule has 4 nitrogen and oxygen atoms in total. The second-order valence-corrected chi connectivity index (χ2v) is 7.61. The second-order valence-electron chi connectivity index (χ2n) is 4.26. The number of nitrogens with one attached hydrogen (secondary N) is 1. The molecule has 1 heterocycles. The van der Waals surface area contributed by atoms with Crippen LogP contribution in [0.15, 0.2) is 23.1 Å². The first kappa shape index (κ1) is 14.7. The number of hydrogen-bond donors (Lipinski definition) is 1. The molecule has 1 saturated heterocycles. The number of halogens is 1. The van der Waals surface area contributed by atoms with Crippen molar-refractivity contribution in [2.24, 2.45) is 0 Å². The first-order chi connectivity index (χ1) is 9.03. The van der Waals surface area contributed by atoms with E-state index in [1.54, 1.807) is 0 Å². The van der Waals surface area contributed by atoms with Gasteiger partial charge in [0.2, 0.25) is 10.0 Å². The highest BCUT2D eigenvalue weighted by molar-refractivity contribution is 7.99. The van der Waals surface area contributed by atoms with Gasteiger partial charge in [0.05, 0.1) is 15.5 Å². The van der Waals surface area contributed by atoms with Crippen molar-refractivity contribution in [2.75, 3.05) is 11.5 Å². The van der Waals surface area contributed by atoms with Gasteiger partial charge < -0.3 is 0 Å². The van der Waals surface area contributed by atoms with Gasteiger partial charge in [-0.3, -0.25) is 0 Å². The maximum absolute atomic E-state index is 12.2. The van der Waals surface area contributed by atoms with E-state index >= 15 is 0 Å². The van der Waals surface area contributed by atoms with Gasteiger partial charge in [-0.1, -0.05) is 11.6 Å². The minimum Gasteiger partial charge on any atom is -0.208 e. The van der Waals surface area contributed by atoms with Crippen molar-refractivity contribution in [3.63, 3.8) is 0 Å². The van der Waals surface area contributed by atoms with E-state index in [9.17, 15) is 8.42 Å². The fourth-order valence-corrected chi connectivity index (χ4v) is 4.58. The Bertz CT molecular complexity index is 605. The van der Waals surface area contributed by atoms with Crippen LogP contribution in [0.1, 0.15) is 18.4 Å². The van der Waals surface area contributed by atoms with Crippen molar-refractivity contribution in [1.29, 1.82) is 5.26 Å². The lowest BCUT2D eigenvalue weighted by atomic mass is 10.2. The largest absolute Gasteiger partial charge is 0.240 e. The smallest absolute Gasteiger partial charge is 0.208 e. The number of nitrogens with zero attached hydrogens (tertiary/aromatic N) is 1. The summed E-state index contributed by atoms with van der Waals surface area (Å²) in [6.07, 6.45) is 1.68. The molecule has 2 rings (SSSR count). The first-order valence-electron chi connectivity index (χ1n) is 5.82. The van der Waals surface area contributed by atoms with Gasteiger partial charge in [-0.05, 0) is 42.5 Å². The van der Waals surface area contributed by atoms with E-state index in [2.05, 4.69) is 4.72 Å². The molecular formula is C12H13ClN2O2S2. The fraction of sp³-hybridized carbons (Fsp3) is 0.417. The molecule has 1 aliphatic heterocycles. The first-order valence-corrected chi connectivity index (χ1v) is 8.84. The predicted octanol–water partition coefficient (Wildman–Crippen LogP) is 2.39. The highest BCUT2D eigenvalue weighted by Crippen LogP contribution is 2.22. The SMILES string of the molecule is N#Cc1ccc(S(=O)(=O)NC2CCSCC2)cc1Cl. The maximum atomic E-state index is 12.2. The maximum Gasteiger partial charge on any atom is 0.240 e. The molecule has 102 valence electrons. The molecule has 1 aromatic rings. The Labute approximate surface area is 122 Å². The molecule has 0 radical (unpaired) electrons. The molecule has 0 amide bonds. The average molecular weight is 317 g/mol. The van der Waals surface area contributed by atoms with Crippen molar-refractivity contribution >= 4 is 33.4 Å². The summed E-state index contributed by atoms with van der Waals surface area (Å²) in [5.74, 6) is 1.95. The van der Waals surface area contributed by atoms with E-state index in [0.29, 0.717) is 0 Å². The minimum absolute atomic E-state index is 0.0133. The van der Waals surface area contributed by atoms with Crippen LogP contribution in [0.2, 0.25) is 5.02 Å². The summed E-state index contributed by atoms with van der Waals surface area (Å²) in [6.45, 7) is 0. The summed E-state index contributed by atoms with van der Waals surface area (Å²) in [5, 5.41) is 8.93. The number of nitriles is 1.